The van der Waals surface area contributed by atoms with Crippen molar-refractivity contribution in [1.82, 2.24) is 0 Å². The normalized spacial score (nSPS) is 10.8. The van der Waals surface area contributed by atoms with Gasteiger partial charge in [-0.2, -0.15) is 0 Å². The van der Waals surface area contributed by atoms with E-state index in [1.165, 1.54) is 0 Å². The molecule has 5 heteroatoms. The van der Waals surface area contributed by atoms with E-state index in [2.05, 4.69) is 6.92 Å². The average Bonchev–Trinajstić information content (AvgIpc) is 1.78. The van der Waals surface area contributed by atoms with E-state index >= 15 is 0 Å². The van der Waals surface area contributed by atoms with Gasteiger partial charge in [0.1, 0.15) is 0 Å². The van der Waals surface area contributed by atoms with Crippen molar-refractivity contribution in [3.8, 4) is 0 Å². The molecule has 0 saturated heterocycles. The molecule has 0 atom stereocenters. The van der Waals surface area contributed by atoms with E-state index in [0.717, 1.165) is 19.3 Å². The second-order valence-corrected chi connectivity index (χ2v) is 4.23. The van der Waals surface area contributed by atoms with Crippen molar-refractivity contribution in [1.29, 1.82) is 0 Å². The van der Waals surface area contributed by atoms with Crippen LogP contribution in [0.2, 0.25) is 0 Å². The first kappa shape index (κ1) is 14.3. The monoisotopic (exact) mass is 230 g/mol. The minimum atomic E-state index is -3.71. The molecule has 0 aliphatic rings. The molecule has 3 nitrogen and oxygen atoms in total. The van der Waals surface area contributed by atoms with Gasteiger partial charge in [-0.25, -0.2) is 0 Å². The van der Waals surface area contributed by atoms with E-state index in [1.54, 1.807) is 0 Å². The summed E-state index contributed by atoms with van der Waals surface area (Å²) in [4.78, 5) is 16.9. The van der Waals surface area contributed by atoms with E-state index in [9.17, 15) is 4.57 Å². The van der Waals surface area contributed by atoms with Crippen LogP contribution in [-0.2, 0) is 24.0 Å². The Morgan fingerprint density at radius 1 is 1.18 bits per heavy atom. The van der Waals surface area contributed by atoms with Crippen LogP contribution in [0, 0.1) is 0 Å². The van der Waals surface area contributed by atoms with E-state index in [0.29, 0.717) is 6.42 Å². The molecule has 0 heterocycles. The smallest absolute Gasteiger partial charge is 0.324 e. The van der Waals surface area contributed by atoms with E-state index in [4.69, 9.17) is 9.79 Å². The van der Waals surface area contributed by atoms with Gasteiger partial charge in [-0.1, -0.05) is 26.2 Å². The molecule has 0 aromatic heterocycles. The maximum atomic E-state index is 10.3. The summed E-state index contributed by atoms with van der Waals surface area (Å²) in [6, 6.07) is 0. The molecule has 0 fully saturated rings. The molecule has 0 aliphatic carbocycles. The number of rotatable bonds is 5. The molecule has 0 aliphatic heterocycles. The molecule has 0 saturated carbocycles. The zero-order valence-electron chi connectivity index (χ0n) is 6.99. The fourth-order valence-corrected chi connectivity index (χ4v) is 1.38. The Hall–Kier alpha value is 0.773. The van der Waals surface area contributed by atoms with Crippen molar-refractivity contribution in [3.05, 3.63) is 0 Å². The standard InChI is InChI=1S/C6H15O3P.Zn/c1-2-3-4-5-6-10(7,8)9;/h2-6H2,1H3,(H2,7,8,9);. The molecule has 0 aromatic carbocycles. The van der Waals surface area contributed by atoms with Gasteiger partial charge in [0.15, 0.2) is 0 Å². The number of unbranched alkanes of at least 4 members (excludes halogenated alkanes) is 3. The van der Waals surface area contributed by atoms with E-state index in [-0.39, 0.29) is 25.6 Å². The first-order valence-corrected chi connectivity index (χ1v) is 5.40. The third kappa shape index (κ3) is 13.7. The Morgan fingerprint density at radius 3 is 2.09 bits per heavy atom. The van der Waals surface area contributed by atoms with Gasteiger partial charge < -0.3 is 9.79 Å². The first-order valence-electron chi connectivity index (χ1n) is 3.61. The summed E-state index contributed by atoms with van der Waals surface area (Å²) in [5.41, 5.74) is 0. The van der Waals surface area contributed by atoms with Gasteiger partial charge in [0.05, 0.1) is 0 Å². The van der Waals surface area contributed by atoms with Gasteiger partial charge in [0.25, 0.3) is 0 Å². The Morgan fingerprint density at radius 2 is 1.73 bits per heavy atom. The molecule has 0 unspecified atom stereocenters. The maximum Gasteiger partial charge on any atom is 0.325 e. The van der Waals surface area contributed by atoms with Crippen LogP contribution in [0.3, 0.4) is 0 Å². The van der Waals surface area contributed by atoms with Crippen molar-refractivity contribution in [2.24, 2.45) is 0 Å². The molecule has 0 amide bonds. The summed E-state index contributed by atoms with van der Waals surface area (Å²) < 4.78 is 10.3. The molecular weight excluding hydrogens is 216 g/mol. The predicted octanol–water partition coefficient (Wildman–Crippen LogP) is 1.74. The molecule has 0 radical (unpaired) electrons. The van der Waals surface area contributed by atoms with Crippen molar-refractivity contribution < 1.29 is 33.8 Å². The summed E-state index contributed by atoms with van der Waals surface area (Å²) >= 11 is 0. The van der Waals surface area contributed by atoms with Gasteiger partial charge in [-0.3, -0.25) is 4.57 Å². The SMILES string of the molecule is CCCCCCP(=O)(O)O.[Zn]. The second kappa shape index (κ2) is 7.42. The maximum absolute atomic E-state index is 10.3. The molecule has 0 spiro atoms. The van der Waals surface area contributed by atoms with Gasteiger partial charge in [-0.05, 0) is 6.42 Å². The van der Waals surface area contributed by atoms with Crippen LogP contribution in [-0.4, -0.2) is 15.9 Å². The third-order valence-corrected chi connectivity index (χ3v) is 2.20. The minimum Gasteiger partial charge on any atom is -0.324 e. The molecule has 11 heavy (non-hydrogen) atoms. The van der Waals surface area contributed by atoms with Crippen LogP contribution in [0.1, 0.15) is 32.6 Å². The van der Waals surface area contributed by atoms with Gasteiger partial charge in [-0.15, -0.1) is 0 Å². The molecule has 64 valence electrons. The van der Waals surface area contributed by atoms with Gasteiger partial charge in [0.2, 0.25) is 0 Å². The summed E-state index contributed by atoms with van der Waals surface area (Å²) in [7, 11) is -3.71. The summed E-state index contributed by atoms with van der Waals surface area (Å²) in [5, 5.41) is 0. The van der Waals surface area contributed by atoms with Crippen LogP contribution >= 0.6 is 7.60 Å². The fraction of sp³-hybridized carbons (Fsp3) is 1.00. The summed E-state index contributed by atoms with van der Waals surface area (Å²) in [6.07, 6.45) is 3.80. The van der Waals surface area contributed by atoms with Crippen molar-refractivity contribution in [2.45, 2.75) is 32.6 Å². The zero-order valence-corrected chi connectivity index (χ0v) is 10.9. The quantitative estimate of drug-likeness (QED) is 0.430. The molecule has 2 N–H and O–H groups in total. The fourth-order valence-electron chi connectivity index (χ4n) is 0.745. The van der Waals surface area contributed by atoms with E-state index < -0.39 is 7.60 Å². The van der Waals surface area contributed by atoms with Crippen molar-refractivity contribution >= 4 is 7.60 Å². The van der Waals surface area contributed by atoms with Crippen LogP contribution in [0.4, 0.5) is 0 Å². The minimum absolute atomic E-state index is 0. The zero-order chi connectivity index (χ0) is 8.04. The average molecular weight is 232 g/mol. The Balaban J connectivity index is 0. The van der Waals surface area contributed by atoms with Crippen molar-refractivity contribution in [2.75, 3.05) is 6.16 Å². The first-order chi connectivity index (χ1) is 4.56. The van der Waals surface area contributed by atoms with Crippen molar-refractivity contribution in [3.63, 3.8) is 0 Å². The summed E-state index contributed by atoms with van der Waals surface area (Å²) in [6.45, 7) is 2.07. The summed E-state index contributed by atoms with van der Waals surface area (Å²) in [5.74, 6) is 0. The molecule has 0 bridgehead atoms. The molecular formula is C6H15O3PZn. The Labute approximate surface area is 80.5 Å². The molecule has 0 aromatic rings. The molecule has 0 rings (SSSR count). The van der Waals surface area contributed by atoms with Crippen LogP contribution < -0.4 is 0 Å². The third-order valence-electron chi connectivity index (χ3n) is 1.30. The topological polar surface area (TPSA) is 57.5 Å². The predicted molar refractivity (Wildman–Crippen MR) is 41.1 cm³/mol. The number of hydrogen-bond acceptors (Lipinski definition) is 1. The largest absolute Gasteiger partial charge is 0.325 e. The van der Waals surface area contributed by atoms with Gasteiger partial charge >= 0.3 is 7.60 Å². The Bertz CT molecular complexity index is 123. The van der Waals surface area contributed by atoms with Crippen LogP contribution in [0.5, 0.6) is 0 Å². The van der Waals surface area contributed by atoms with Gasteiger partial charge in [0, 0.05) is 25.6 Å². The van der Waals surface area contributed by atoms with Crippen LogP contribution in [0.25, 0.3) is 0 Å². The second-order valence-electron chi connectivity index (χ2n) is 2.45. The van der Waals surface area contributed by atoms with Crippen LogP contribution in [0.15, 0.2) is 0 Å². The number of hydrogen-bond donors (Lipinski definition) is 2. The van der Waals surface area contributed by atoms with E-state index in [1.807, 2.05) is 0 Å². The Kier molecular flexibility index (Phi) is 9.66.